The highest BCUT2D eigenvalue weighted by Gasteiger charge is 2.32. The van der Waals surface area contributed by atoms with Crippen LogP contribution in [0.3, 0.4) is 0 Å². The van der Waals surface area contributed by atoms with Crippen LogP contribution in [0.5, 0.6) is 0 Å². The molecular formula is C25H27F3O3. The average molecular weight is 432 g/mol. The van der Waals surface area contributed by atoms with E-state index in [0.717, 1.165) is 31.6 Å². The predicted octanol–water partition coefficient (Wildman–Crippen LogP) is 7.02. The molecule has 0 amide bonds. The Balaban J connectivity index is 1.46. The molecule has 2 aromatic carbocycles. The van der Waals surface area contributed by atoms with E-state index in [1.165, 1.54) is 25.0 Å². The molecule has 0 radical (unpaired) electrons. The number of alkyl halides is 2. The lowest BCUT2D eigenvalue weighted by molar-refractivity contribution is 0.0161. The molecular weight excluding hydrogens is 405 g/mol. The monoisotopic (exact) mass is 432 g/mol. The molecule has 0 spiro atoms. The normalized spacial score (nSPS) is 23.1. The van der Waals surface area contributed by atoms with Crippen molar-refractivity contribution in [1.29, 1.82) is 0 Å². The number of hydrogen-bond acceptors (Lipinski definition) is 3. The van der Waals surface area contributed by atoms with Gasteiger partial charge in [0.15, 0.2) is 0 Å². The molecule has 4 rings (SSSR count). The predicted molar refractivity (Wildman–Crippen MR) is 112 cm³/mol. The molecule has 2 aromatic rings. The smallest absolute Gasteiger partial charge is 0.338 e. The van der Waals surface area contributed by atoms with Gasteiger partial charge < -0.3 is 9.47 Å². The van der Waals surface area contributed by atoms with Crippen LogP contribution in [0.4, 0.5) is 13.2 Å². The zero-order valence-electron chi connectivity index (χ0n) is 17.6. The van der Waals surface area contributed by atoms with Gasteiger partial charge in [-0.3, -0.25) is 0 Å². The fourth-order valence-electron chi connectivity index (χ4n) is 4.50. The van der Waals surface area contributed by atoms with Crippen LogP contribution in [0, 0.1) is 11.7 Å². The Hall–Kier alpha value is -2.34. The van der Waals surface area contributed by atoms with Crippen molar-refractivity contribution in [2.75, 3.05) is 6.61 Å². The number of epoxide rings is 1. The first-order valence-electron chi connectivity index (χ1n) is 11.0. The zero-order chi connectivity index (χ0) is 22.0. The molecule has 166 valence electrons. The molecule has 0 bridgehead atoms. The highest BCUT2D eigenvalue weighted by molar-refractivity contribution is 5.90. The van der Waals surface area contributed by atoms with Gasteiger partial charge in [-0.25, -0.2) is 18.0 Å². The van der Waals surface area contributed by atoms with E-state index in [1.54, 1.807) is 24.3 Å². The lowest BCUT2D eigenvalue weighted by Gasteiger charge is -2.28. The number of benzene rings is 2. The molecule has 2 aliphatic rings. The van der Waals surface area contributed by atoms with Crippen molar-refractivity contribution < 1.29 is 27.4 Å². The Morgan fingerprint density at radius 1 is 1.10 bits per heavy atom. The number of halogens is 3. The minimum absolute atomic E-state index is 0.0722. The van der Waals surface area contributed by atoms with Crippen LogP contribution in [-0.4, -0.2) is 18.7 Å². The molecule has 1 unspecified atom stereocenters. The SMILES string of the molecule is CCCC1CCC(OC(=O)c2ccc(-c3ccc(C4CO4)c(F)c3C(F)F)cc2)CC1. The summed E-state index contributed by atoms with van der Waals surface area (Å²) in [5, 5.41) is 0. The molecule has 1 aliphatic carbocycles. The van der Waals surface area contributed by atoms with Gasteiger partial charge in [-0.1, -0.05) is 44.0 Å². The van der Waals surface area contributed by atoms with Gasteiger partial charge in [-0.15, -0.1) is 0 Å². The van der Waals surface area contributed by atoms with Crippen LogP contribution >= 0.6 is 0 Å². The number of carbonyl (C=O) groups is 1. The molecule has 31 heavy (non-hydrogen) atoms. The van der Waals surface area contributed by atoms with E-state index in [0.29, 0.717) is 17.7 Å². The maximum absolute atomic E-state index is 14.7. The first-order valence-corrected chi connectivity index (χ1v) is 11.0. The van der Waals surface area contributed by atoms with Crippen LogP contribution in [0.1, 0.15) is 79.5 Å². The zero-order valence-corrected chi connectivity index (χ0v) is 17.6. The van der Waals surface area contributed by atoms with Crippen LogP contribution in [0.15, 0.2) is 36.4 Å². The third-order valence-corrected chi connectivity index (χ3v) is 6.30. The number of hydrogen-bond donors (Lipinski definition) is 0. The second-order valence-corrected chi connectivity index (χ2v) is 8.47. The van der Waals surface area contributed by atoms with Crippen molar-refractivity contribution in [2.24, 2.45) is 5.92 Å². The molecule has 2 fully saturated rings. The summed E-state index contributed by atoms with van der Waals surface area (Å²) in [6.07, 6.45) is 2.83. The standard InChI is InChI=1S/C25H27F3O3/c1-2-3-15-4-10-18(11-5-15)31-25(29)17-8-6-16(7-9-17)19-12-13-20(21-14-30-21)23(26)22(19)24(27)28/h6-9,12-13,15,18,21,24H,2-5,10-11,14H2,1H3. The van der Waals surface area contributed by atoms with Crippen LogP contribution in [-0.2, 0) is 9.47 Å². The summed E-state index contributed by atoms with van der Waals surface area (Å²) < 4.78 is 52.6. The topological polar surface area (TPSA) is 38.8 Å². The van der Waals surface area contributed by atoms with Gasteiger partial charge in [0.05, 0.1) is 17.7 Å². The number of rotatable bonds is 7. The Bertz CT molecular complexity index is 914. The Labute approximate surface area is 180 Å². The van der Waals surface area contributed by atoms with Gasteiger partial charge in [0, 0.05) is 5.56 Å². The quantitative estimate of drug-likeness (QED) is 0.349. The lowest BCUT2D eigenvalue weighted by Crippen LogP contribution is -2.24. The van der Waals surface area contributed by atoms with Crippen molar-refractivity contribution >= 4 is 5.97 Å². The van der Waals surface area contributed by atoms with Gasteiger partial charge in [0.1, 0.15) is 18.0 Å². The molecule has 0 N–H and O–H groups in total. The molecule has 1 atom stereocenters. The molecule has 0 aromatic heterocycles. The first-order chi connectivity index (χ1) is 15.0. The van der Waals surface area contributed by atoms with Crippen molar-refractivity contribution in [3.8, 4) is 11.1 Å². The largest absolute Gasteiger partial charge is 0.459 e. The summed E-state index contributed by atoms with van der Waals surface area (Å²) in [7, 11) is 0. The van der Waals surface area contributed by atoms with E-state index in [9.17, 15) is 18.0 Å². The van der Waals surface area contributed by atoms with Gasteiger partial charge in [0.2, 0.25) is 0 Å². The van der Waals surface area contributed by atoms with E-state index in [1.807, 2.05) is 0 Å². The Morgan fingerprint density at radius 3 is 2.35 bits per heavy atom. The van der Waals surface area contributed by atoms with Gasteiger partial charge >= 0.3 is 5.97 Å². The Morgan fingerprint density at radius 2 is 1.77 bits per heavy atom. The Kier molecular flexibility index (Phi) is 6.65. The van der Waals surface area contributed by atoms with Crippen molar-refractivity contribution in [1.82, 2.24) is 0 Å². The van der Waals surface area contributed by atoms with Crippen molar-refractivity contribution in [3.05, 3.63) is 58.9 Å². The summed E-state index contributed by atoms with van der Waals surface area (Å²) in [5.41, 5.74) is 0.432. The van der Waals surface area contributed by atoms with Gasteiger partial charge in [-0.05, 0) is 54.9 Å². The maximum atomic E-state index is 14.7. The van der Waals surface area contributed by atoms with Crippen molar-refractivity contribution in [3.63, 3.8) is 0 Å². The highest BCUT2D eigenvalue weighted by Crippen LogP contribution is 2.40. The molecule has 1 saturated heterocycles. The minimum atomic E-state index is -2.96. The summed E-state index contributed by atoms with van der Waals surface area (Å²) in [6, 6.07) is 9.19. The van der Waals surface area contributed by atoms with E-state index >= 15 is 0 Å². The molecule has 1 saturated carbocycles. The van der Waals surface area contributed by atoms with E-state index in [4.69, 9.17) is 9.47 Å². The van der Waals surface area contributed by atoms with E-state index in [-0.39, 0.29) is 17.2 Å². The summed E-state index contributed by atoms with van der Waals surface area (Å²) in [4.78, 5) is 12.5. The highest BCUT2D eigenvalue weighted by atomic mass is 19.3. The third-order valence-electron chi connectivity index (χ3n) is 6.30. The van der Waals surface area contributed by atoms with Crippen LogP contribution in [0.25, 0.3) is 11.1 Å². The molecule has 6 heteroatoms. The van der Waals surface area contributed by atoms with E-state index < -0.39 is 29.9 Å². The summed E-state index contributed by atoms with van der Waals surface area (Å²) in [5.74, 6) is -0.606. The summed E-state index contributed by atoms with van der Waals surface area (Å²) >= 11 is 0. The molecule has 3 nitrogen and oxygen atoms in total. The average Bonchev–Trinajstić information content (AvgIpc) is 3.60. The summed E-state index contributed by atoms with van der Waals surface area (Å²) in [6.45, 7) is 2.53. The second kappa shape index (κ2) is 9.43. The minimum Gasteiger partial charge on any atom is -0.459 e. The molecule has 1 aliphatic heterocycles. The fraction of sp³-hybridized carbons (Fsp3) is 0.480. The lowest BCUT2D eigenvalue weighted by atomic mass is 9.85. The van der Waals surface area contributed by atoms with Gasteiger partial charge in [-0.2, -0.15) is 0 Å². The first kappa shape index (κ1) is 21.9. The maximum Gasteiger partial charge on any atom is 0.338 e. The van der Waals surface area contributed by atoms with Crippen molar-refractivity contribution in [2.45, 2.75) is 64.1 Å². The number of ether oxygens (including phenoxy) is 2. The van der Waals surface area contributed by atoms with E-state index in [2.05, 4.69) is 6.92 Å². The number of carbonyl (C=O) groups excluding carboxylic acids is 1. The van der Waals surface area contributed by atoms with Gasteiger partial charge in [0.25, 0.3) is 6.43 Å². The third kappa shape index (κ3) is 4.95. The van der Waals surface area contributed by atoms with Crippen LogP contribution < -0.4 is 0 Å². The fourth-order valence-corrected chi connectivity index (χ4v) is 4.50. The molecule has 1 heterocycles. The second-order valence-electron chi connectivity index (χ2n) is 8.47. The van der Waals surface area contributed by atoms with Crippen LogP contribution in [0.2, 0.25) is 0 Å². The number of esters is 1.